The first-order valence-corrected chi connectivity index (χ1v) is 5.50. The van der Waals surface area contributed by atoms with Gasteiger partial charge in [-0.3, -0.25) is 0 Å². The number of hydrogen-bond acceptors (Lipinski definition) is 5. The summed E-state index contributed by atoms with van der Waals surface area (Å²) in [5.74, 6) is -3.34. The van der Waals surface area contributed by atoms with Crippen LogP contribution in [0.5, 0.6) is 11.5 Å². The van der Waals surface area contributed by atoms with Gasteiger partial charge in [0.1, 0.15) is 0 Å². The van der Waals surface area contributed by atoms with Gasteiger partial charge in [0.15, 0.2) is 11.5 Å². The van der Waals surface area contributed by atoms with Gasteiger partial charge in [-0.05, 0) is 19.1 Å². The second-order valence-corrected chi connectivity index (χ2v) is 4.04. The van der Waals surface area contributed by atoms with E-state index in [1.165, 1.54) is 19.1 Å². The lowest BCUT2D eigenvalue weighted by Gasteiger charge is -2.09. The molecule has 0 spiro atoms. The van der Waals surface area contributed by atoms with Gasteiger partial charge in [-0.2, -0.15) is 13.2 Å². The van der Waals surface area contributed by atoms with Crippen molar-refractivity contribution in [1.29, 1.82) is 0 Å². The summed E-state index contributed by atoms with van der Waals surface area (Å²) in [7, 11) is 0. The van der Waals surface area contributed by atoms with Crippen LogP contribution in [0.4, 0.5) is 13.2 Å². The van der Waals surface area contributed by atoms with Gasteiger partial charge in [-0.1, -0.05) is 0 Å². The van der Waals surface area contributed by atoms with Gasteiger partial charge in [-0.25, -0.2) is 9.59 Å². The van der Waals surface area contributed by atoms with Gasteiger partial charge in [0, 0.05) is 12.5 Å². The monoisotopic (exact) mass is 290 g/mol. The molecule has 0 saturated carbocycles. The molecule has 1 atom stereocenters. The molecule has 8 heteroatoms. The molecule has 0 N–H and O–H groups in total. The molecule has 0 fully saturated rings. The minimum absolute atomic E-state index is 0.195. The summed E-state index contributed by atoms with van der Waals surface area (Å²) < 4.78 is 50.3. The van der Waals surface area contributed by atoms with Crippen molar-refractivity contribution in [2.45, 2.75) is 26.3 Å². The van der Waals surface area contributed by atoms with Crippen molar-refractivity contribution >= 4 is 11.9 Å². The standard InChI is InChI=1S/C12H9F3O5/c1-5-7(10(16)20-11(17)12(13,14)15)3-4-8-9(5)19-6(2)18-8/h3-4,6H,1-2H3. The average molecular weight is 290 g/mol. The summed E-state index contributed by atoms with van der Waals surface area (Å²) in [6.07, 6.45) is -5.79. The fourth-order valence-corrected chi connectivity index (χ4v) is 1.69. The zero-order chi connectivity index (χ0) is 15.1. The summed E-state index contributed by atoms with van der Waals surface area (Å²) >= 11 is 0. The molecule has 5 nitrogen and oxygen atoms in total. The minimum Gasteiger partial charge on any atom is -0.451 e. The van der Waals surface area contributed by atoms with Gasteiger partial charge in [0.05, 0.1) is 5.56 Å². The van der Waals surface area contributed by atoms with E-state index in [4.69, 9.17) is 9.47 Å². The molecule has 20 heavy (non-hydrogen) atoms. The SMILES string of the molecule is Cc1c(C(=O)OC(=O)C(F)(F)F)ccc2c1OC(C)O2. The highest BCUT2D eigenvalue weighted by atomic mass is 19.4. The van der Waals surface area contributed by atoms with Crippen LogP contribution in [0.3, 0.4) is 0 Å². The number of carbonyl (C=O) groups excluding carboxylic acids is 2. The number of ether oxygens (including phenoxy) is 3. The highest BCUT2D eigenvalue weighted by Gasteiger charge is 2.43. The maximum Gasteiger partial charge on any atom is 0.491 e. The number of halogens is 3. The van der Waals surface area contributed by atoms with E-state index >= 15 is 0 Å². The van der Waals surface area contributed by atoms with E-state index in [2.05, 4.69) is 4.74 Å². The molecular weight excluding hydrogens is 281 g/mol. The molecule has 0 amide bonds. The Balaban J connectivity index is 2.25. The topological polar surface area (TPSA) is 61.8 Å². The Bertz CT molecular complexity index is 579. The van der Waals surface area contributed by atoms with Crippen molar-refractivity contribution in [3.05, 3.63) is 23.3 Å². The Hall–Kier alpha value is -2.25. The number of esters is 2. The molecule has 1 aromatic rings. The fourth-order valence-electron chi connectivity index (χ4n) is 1.69. The van der Waals surface area contributed by atoms with Crippen molar-refractivity contribution in [2.75, 3.05) is 0 Å². The molecule has 0 aliphatic carbocycles. The lowest BCUT2D eigenvalue weighted by molar-refractivity contribution is -0.193. The number of carbonyl (C=O) groups is 2. The van der Waals surface area contributed by atoms with Gasteiger partial charge < -0.3 is 14.2 Å². The summed E-state index contributed by atoms with van der Waals surface area (Å²) in [4.78, 5) is 22.2. The summed E-state index contributed by atoms with van der Waals surface area (Å²) in [6.45, 7) is 3.07. The molecule has 1 heterocycles. The Morgan fingerprint density at radius 3 is 2.50 bits per heavy atom. The molecule has 108 valence electrons. The first kappa shape index (κ1) is 14.2. The normalized spacial score (nSPS) is 16.9. The number of fused-ring (bicyclic) bond motifs is 1. The number of hydrogen-bond donors (Lipinski definition) is 0. The molecule has 1 aliphatic heterocycles. The molecule has 2 rings (SSSR count). The quantitative estimate of drug-likeness (QED) is 0.587. The Morgan fingerprint density at radius 1 is 1.25 bits per heavy atom. The van der Waals surface area contributed by atoms with E-state index in [-0.39, 0.29) is 16.9 Å². The fraction of sp³-hybridized carbons (Fsp3) is 0.333. The van der Waals surface area contributed by atoms with E-state index in [1.807, 2.05) is 0 Å². The molecule has 1 aliphatic rings. The lowest BCUT2D eigenvalue weighted by atomic mass is 10.1. The Labute approximate surface area is 111 Å². The summed E-state index contributed by atoms with van der Waals surface area (Å²) in [5, 5.41) is 0. The van der Waals surface area contributed by atoms with Gasteiger partial charge in [0.25, 0.3) is 0 Å². The molecule has 1 aromatic carbocycles. The number of benzene rings is 1. The molecule has 0 radical (unpaired) electrons. The number of alkyl halides is 3. The van der Waals surface area contributed by atoms with E-state index in [9.17, 15) is 22.8 Å². The van der Waals surface area contributed by atoms with Crippen molar-refractivity contribution in [1.82, 2.24) is 0 Å². The first-order chi connectivity index (χ1) is 9.20. The van der Waals surface area contributed by atoms with Crippen LogP contribution in [0, 0.1) is 6.92 Å². The highest BCUT2D eigenvalue weighted by molar-refractivity contribution is 5.99. The van der Waals surface area contributed by atoms with Crippen molar-refractivity contribution < 1.29 is 37.0 Å². The van der Waals surface area contributed by atoms with Gasteiger partial charge in [-0.15, -0.1) is 0 Å². The van der Waals surface area contributed by atoms with Crippen LogP contribution in [0.15, 0.2) is 12.1 Å². The maximum atomic E-state index is 12.0. The van der Waals surface area contributed by atoms with Crippen LogP contribution in [0.1, 0.15) is 22.8 Å². The second-order valence-electron chi connectivity index (χ2n) is 4.04. The zero-order valence-corrected chi connectivity index (χ0v) is 10.4. The predicted molar refractivity (Wildman–Crippen MR) is 58.4 cm³/mol. The molecule has 1 unspecified atom stereocenters. The molecule has 0 saturated heterocycles. The first-order valence-electron chi connectivity index (χ1n) is 5.50. The third-order valence-corrected chi connectivity index (χ3v) is 2.58. The van der Waals surface area contributed by atoms with E-state index < -0.39 is 24.4 Å². The lowest BCUT2D eigenvalue weighted by Crippen LogP contribution is -2.28. The minimum atomic E-state index is -5.23. The largest absolute Gasteiger partial charge is 0.491 e. The zero-order valence-electron chi connectivity index (χ0n) is 10.4. The second kappa shape index (κ2) is 4.69. The van der Waals surface area contributed by atoms with Crippen LogP contribution in [0.25, 0.3) is 0 Å². The Kier molecular flexibility index (Phi) is 3.33. The molecule has 0 bridgehead atoms. The molecular formula is C12H9F3O5. The average Bonchev–Trinajstić information content (AvgIpc) is 2.69. The third kappa shape index (κ3) is 2.54. The van der Waals surface area contributed by atoms with Crippen molar-refractivity contribution in [2.24, 2.45) is 0 Å². The third-order valence-electron chi connectivity index (χ3n) is 2.58. The summed E-state index contributed by atoms with van der Waals surface area (Å²) in [5.41, 5.74) is 0.0471. The predicted octanol–water partition coefficient (Wildman–Crippen LogP) is 2.36. The van der Waals surface area contributed by atoms with E-state index in [0.29, 0.717) is 5.75 Å². The van der Waals surface area contributed by atoms with Crippen LogP contribution < -0.4 is 9.47 Å². The highest BCUT2D eigenvalue weighted by Crippen LogP contribution is 2.39. The van der Waals surface area contributed by atoms with Crippen molar-refractivity contribution in [3.63, 3.8) is 0 Å². The molecule has 0 aromatic heterocycles. The van der Waals surface area contributed by atoms with E-state index in [0.717, 1.165) is 0 Å². The van der Waals surface area contributed by atoms with Crippen LogP contribution >= 0.6 is 0 Å². The number of rotatable bonds is 1. The summed E-state index contributed by atoms with van der Waals surface area (Å²) in [6, 6.07) is 2.57. The van der Waals surface area contributed by atoms with Crippen molar-refractivity contribution in [3.8, 4) is 11.5 Å². The van der Waals surface area contributed by atoms with E-state index in [1.54, 1.807) is 6.92 Å². The maximum absolute atomic E-state index is 12.0. The van der Waals surface area contributed by atoms with Crippen LogP contribution in [-0.2, 0) is 9.53 Å². The van der Waals surface area contributed by atoms with Crippen LogP contribution in [0.2, 0.25) is 0 Å². The van der Waals surface area contributed by atoms with Gasteiger partial charge in [0.2, 0.25) is 6.29 Å². The smallest absolute Gasteiger partial charge is 0.451 e. The van der Waals surface area contributed by atoms with Gasteiger partial charge >= 0.3 is 18.1 Å². The Morgan fingerprint density at radius 2 is 1.90 bits per heavy atom. The van der Waals surface area contributed by atoms with Crippen LogP contribution in [-0.4, -0.2) is 24.4 Å².